The van der Waals surface area contributed by atoms with E-state index in [0.717, 1.165) is 30.1 Å². The third-order valence-electron chi connectivity index (χ3n) is 6.20. The van der Waals surface area contributed by atoms with Crippen molar-refractivity contribution in [3.05, 3.63) is 76.7 Å². The standard InChI is InChI=1S/C26H24F7N5O2/c1-36-7-9-38(10-8-36)24-34-14-21(22(35-24)40-20-5-3-19(27)4-6-20)23(39)37(2)15-16-11-17(25(28,29)30)13-18(12-16)26(31,32)33/h3-6,11-14H,7-10,15H2,1-2H3. The lowest BCUT2D eigenvalue weighted by molar-refractivity contribution is -0.143. The molecule has 0 spiro atoms. The lowest BCUT2D eigenvalue weighted by Crippen LogP contribution is -2.45. The highest BCUT2D eigenvalue weighted by Gasteiger charge is 2.37. The minimum absolute atomic E-state index is 0.0187. The van der Waals surface area contributed by atoms with Gasteiger partial charge in [0.15, 0.2) is 0 Å². The van der Waals surface area contributed by atoms with Crippen LogP contribution < -0.4 is 9.64 Å². The van der Waals surface area contributed by atoms with E-state index in [4.69, 9.17) is 4.74 Å². The monoisotopic (exact) mass is 571 g/mol. The molecule has 1 amide bonds. The Bertz CT molecular complexity index is 1320. The average Bonchev–Trinajstić information content (AvgIpc) is 2.89. The zero-order valence-corrected chi connectivity index (χ0v) is 21.4. The van der Waals surface area contributed by atoms with E-state index in [1.54, 1.807) is 0 Å². The van der Waals surface area contributed by atoms with Crippen molar-refractivity contribution in [3.63, 3.8) is 0 Å². The predicted octanol–water partition coefficient (Wildman–Crippen LogP) is 5.47. The molecule has 14 heteroatoms. The number of carbonyl (C=O) groups excluding carboxylic acids is 1. The van der Waals surface area contributed by atoms with Gasteiger partial charge in [-0.25, -0.2) is 9.37 Å². The van der Waals surface area contributed by atoms with Crippen molar-refractivity contribution in [1.29, 1.82) is 0 Å². The Morgan fingerprint density at radius 3 is 2.08 bits per heavy atom. The van der Waals surface area contributed by atoms with Gasteiger partial charge in [-0.15, -0.1) is 0 Å². The minimum atomic E-state index is -5.03. The second-order valence-corrected chi connectivity index (χ2v) is 9.31. The molecule has 0 atom stereocenters. The summed E-state index contributed by atoms with van der Waals surface area (Å²) in [5.74, 6) is -1.13. The van der Waals surface area contributed by atoms with E-state index in [1.165, 1.54) is 25.4 Å². The second kappa shape index (κ2) is 11.3. The summed E-state index contributed by atoms with van der Waals surface area (Å²) in [4.78, 5) is 26.9. The third-order valence-corrected chi connectivity index (χ3v) is 6.20. The Balaban J connectivity index is 1.65. The van der Waals surface area contributed by atoms with Gasteiger partial charge in [-0.1, -0.05) is 0 Å². The number of amides is 1. The molecule has 2 aromatic carbocycles. The van der Waals surface area contributed by atoms with Crippen LogP contribution in [-0.4, -0.2) is 65.9 Å². The summed E-state index contributed by atoms with van der Waals surface area (Å²) in [6.07, 6.45) is -8.87. The van der Waals surface area contributed by atoms with Crippen molar-refractivity contribution >= 4 is 11.9 Å². The number of alkyl halides is 6. The molecular weight excluding hydrogens is 547 g/mol. The number of ether oxygens (including phenoxy) is 1. The number of nitrogens with zero attached hydrogens (tertiary/aromatic N) is 5. The first-order valence-corrected chi connectivity index (χ1v) is 12.0. The van der Waals surface area contributed by atoms with Crippen molar-refractivity contribution in [1.82, 2.24) is 19.8 Å². The molecule has 40 heavy (non-hydrogen) atoms. The number of rotatable bonds is 6. The molecule has 3 aromatic rings. The molecule has 0 saturated carbocycles. The van der Waals surface area contributed by atoms with Crippen LogP contribution in [-0.2, 0) is 18.9 Å². The Labute approximate surface area is 224 Å². The first-order valence-electron chi connectivity index (χ1n) is 12.0. The van der Waals surface area contributed by atoms with Crippen LogP contribution in [0.1, 0.15) is 27.0 Å². The molecule has 2 heterocycles. The van der Waals surface area contributed by atoms with Crippen molar-refractivity contribution in [2.24, 2.45) is 0 Å². The van der Waals surface area contributed by atoms with Gasteiger partial charge in [-0.2, -0.15) is 31.3 Å². The van der Waals surface area contributed by atoms with Gasteiger partial charge in [0.1, 0.15) is 17.1 Å². The lowest BCUT2D eigenvalue weighted by Gasteiger charge is -2.32. The molecule has 0 aliphatic carbocycles. The fourth-order valence-corrected chi connectivity index (χ4v) is 4.02. The van der Waals surface area contributed by atoms with Crippen molar-refractivity contribution in [3.8, 4) is 11.6 Å². The molecule has 0 unspecified atom stereocenters. The Hall–Kier alpha value is -3.94. The molecule has 0 radical (unpaired) electrons. The van der Waals surface area contributed by atoms with Gasteiger partial charge >= 0.3 is 12.4 Å². The highest BCUT2D eigenvalue weighted by molar-refractivity contribution is 5.96. The maximum absolute atomic E-state index is 13.4. The normalized spacial score (nSPS) is 14.8. The van der Waals surface area contributed by atoms with Crippen LogP contribution in [0.2, 0.25) is 0 Å². The molecular formula is C26H24F7N5O2. The van der Waals surface area contributed by atoms with Crippen molar-refractivity contribution in [2.75, 3.05) is 45.2 Å². The van der Waals surface area contributed by atoms with E-state index < -0.39 is 41.7 Å². The number of hydrogen-bond donors (Lipinski definition) is 0. The fraction of sp³-hybridized carbons (Fsp3) is 0.346. The van der Waals surface area contributed by atoms with E-state index in [2.05, 4.69) is 14.9 Å². The third kappa shape index (κ3) is 6.97. The van der Waals surface area contributed by atoms with Crippen LogP contribution in [0.3, 0.4) is 0 Å². The summed E-state index contributed by atoms with van der Waals surface area (Å²) < 4.78 is 98.9. The highest BCUT2D eigenvalue weighted by Crippen LogP contribution is 2.37. The van der Waals surface area contributed by atoms with Gasteiger partial charge in [-0.3, -0.25) is 4.79 Å². The number of carbonyl (C=O) groups is 1. The zero-order valence-electron chi connectivity index (χ0n) is 21.4. The molecule has 0 N–H and O–H groups in total. The van der Waals surface area contributed by atoms with Gasteiger partial charge in [0, 0.05) is 46.0 Å². The van der Waals surface area contributed by atoms with E-state index in [1.807, 2.05) is 11.9 Å². The number of likely N-dealkylation sites (N-methyl/N-ethyl adjacent to an activating group) is 1. The second-order valence-electron chi connectivity index (χ2n) is 9.31. The number of aromatic nitrogens is 2. The van der Waals surface area contributed by atoms with Gasteiger partial charge in [-0.05, 0) is 55.1 Å². The molecule has 1 saturated heterocycles. The molecule has 4 rings (SSSR count). The number of anilines is 1. The molecule has 1 aliphatic heterocycles. The topological polar surface area (TPSA) is 61.8 Å². The number of benzene rings is 2. The lowest BCUT2D eigenvalue weighted by atomic mass is 10.0. The number of halogens is 7. The summed E-state index contributed by atoms with van der Waals surface area (Å²) in [6.45, 7) is 2.07. The average molecular weight is 571 g/mol. The minimum Gasteiger partial charge on any atom is -0.438 e. The predicted molar refractivity (Wildman–Crippen MR) is 130 cm³/mol. The van der Waals surface area contributed by atoms with E-state index in [9.17, 15) is 35.5 Å². The smallest absolute Gasteiger partial charge is 0.416 e. The maximum atomic E-state index is 13.4. The van der Waals surface area contributed by atoms with E-state index in [-0.39, 0.29) is 34.8 Å². The van der Waals surface area contributed by atoms with Crippen LogP contribution >= 0.6 is 0 Å². The summed E-state index contributed by atoms with van der Waals surface area (Å²) in [5, 5.41) is 0. The van der Waals surface area contributed by atoms with Gasteiger partial charge < -0.3 is 19.4 Å². The first-order chi connectivity index (χ1) is 18.7. The maximum Gasteiger partial charge on any atom is 0.416 e. The van der Waals surface area contributed by atoms with Crippen molar-refractivity contribution in [2.45, 2.75) is 18.9 Å². The molecule has 1 aliphatic rings. The fourth-order valence-electron chi connectivity index (χ4n) is 4.02. The molecule has 214 valence electrons. The summed E-state index contributed by atoms with van der Waals surface area (Å²) >= 11 is 0. The largest absolute Gasteiger partial charge is 0.438 e. The van der Waals surface area contributed by atoms with Crippen LogP contribution in [0.4, 0.5) is 36.7 Å². The van der Waals surface area contributed by atoms with Gasteiger partial charge in [0.05, 0.1) is 11.1 Å². The van der Waals surface area contributed by atoms with Crippen LogP contribution in [0, 0.1) is 5.82 Å². The summed E-state index contributed by atoms with van der Waals surface area (Å²) in [5.41, 5.74) is -3.54. The Morgan fingerprint density at radius 2 is 1.52 bits per heavy atom. The van der Waals surface area contributed by atoms with Crippen molar-refractivity contribution < 1.29 is 40.3 Å². The van der Waals surface area contributed by atoms with Gasteiger partial charge in [0.25, 0.3) is 5.91 Å². The Kier molecular flexibility index (Phi) is 8.19. The van der Waals surface area contributed by atoms with Crippen LogP contribution in [0.5, 0.6) is 11.6 Å². The van der Waals surface area contributed by atoms with E-state index in [0.29, 0.717) is 25.2 Å². The SMILES string of the molecule is CN1CCN(c2ncc(C(=O)N(C)Cc3cc(C(F)(F)F)cc(C(F)(F)F)c3)c(Oc3ccc(F)cc3)n2)CC1. The molecule has 1 fully saturated rings. The summed E-state index contributed by atoms with van der Waals surface area (Å²) in [6, 6.07) is 6.03. The van der Waals surface area contributed by atoms with E-state index >= 15 is 0 Å². The number of piperazine rings is 1. The van der Waals surface area contributed by atoms with Crippen LogP contribution in [0.15, 0.2) is 48.7 Å². The van der Waals surface area contributed by atoms with Crippen LogP contribution in [0.25, 0.3) is 0 Å². The number of hydrogen-bond acceptors (Lipinski definition) is 6. The molecule has 1 aromatic heterocycles. The van der Waals surface area contributed by atoms with Gasteiger partial charge in [0.2, 0.25) is 11.8 Å². The quantitative estimate of drug-likeness (QED) is 0.366. The first kappa shape index (κ1) is 29.1. The molecule has 0 bridgehead atoms. The Morgan fingerprint density at radius 1 is 0.950 bits per heavy atom. The summed E-state index contributed by atoms with van der Waals surface area (Å²) in [7, 11) is 3.17. The highest BCUT2D eigenvalue weighted by atomic mass is 19.4. The molecule has 7 nitrogen and oxygen atoms in total. The zero-order chi connectivity index (χ0) is 29.2.